The summed E-state index contributed by atoms with van der Waals surface area (Å²) in [5.74, 6) is 1.69. The summed E-state index contributed by atoms with van der Waals surface area (Å²) in [6, 6.07) is 16.8. The maximum Gasteiger partial charge on any atom is 0.233 e. The van der Waals surface area contributed by atoms with Crippen molar-refractivity contribution in [3.8, 4) is 17.1 Å². The second-order valence-electron chi connectivity index (χ2n) is 10.3. The van der Waals surface area contributed by atoms with Crippen LogP contribution in [0, 0.1) is 0 Å². The number of methoxy groups -OCH3 is 1. The number of ether oxygens (including phenoxy) is 1. The number of benzene rings is 2. The Morgan fingerprint density at radius 2 is 1.74 bits per heavy atom. The number of nitrogens with one attached hydrogen (secondary N) is 1. The summed E-state index contributed by atoms with van der Waals surface area (Å²) in [5, 5.41) is 12.7. The minimum absolute atomic E-state index is 0.0112. The highest BCUT2D eigenvalue weighted by Gasteiger charge is 2.27. The van der Waals surface area contributed by atoms with Crippen molar-refractivity contribution in [2.24, 2.45) is 0 Å². The van der Waals surface area contributed by atoms with E-state index in [1.807, 2.05) is 31.2 Å². The van der Waals surface area contributed by atoms with E-state index in [2.05, 4.69) is 65.1 Å². The number of amides is 1. The molecule has 1 aliphatic carbocycles. The Morgan fingerprint density at radius 3 is 2.34 bits per heavy atom. The molecule has 1 saturated carbocycles. The quantitative estimate of drug-likeness (QED) is 0.381. The number of carbonyl (C=O) groups is 1. The molecule has 1 amide bonds. The first kappa shape index (κ1) is 25.3. The third-order valence-electron chi connectivity index (χ3n) is 6.64. The zero-order chi connectivity index (χ0) is 25.0. The summed E-state index contributed by atoms with van der Waals surface area (Å²) >= 11 is 1.49. The van der Waals surface area contributed by atoms with Gasteiger partial charge in [0, 0.05) is 18.2 Å². The van der Waals surface area contributed by atoms with Gasteiger partial charge in [0.1, 0.15) is 5.75 Å². The van der Waals surface area contributed by atoms with Gasteiger partial charge in [-0.15, -0.1) is 10.2 Å². The summed E-state index contributed by atoms with van der Waals surface area (Å²) < 4.78 is 7.48. The van der Waals surface area contributed by atoms with E-state index in [4.69, 9.17) is 4.74 Å². The molecular weight excluding hydrogens is 456 g/mol. The van der Waals surface area contributed by atoms with Crippen LogP contribution in [0.25, 0.3) is 11.4 Å². The summed E-state index contributed by atoms with van der Waals surface area (Å²) in [7, 11) is 1.65. The number of thioether (sulfide) groups is 1. The predicted octanol–water partition coefficient (Wildman–Crippen LogP) is 6.16. The molecule has 1 aromatic heterocycles. The van der Waals surface area contributed by atoms with E-state index >= 15 is 0 Å². The molecule has 0 radical (unpaired) electrons. The Balaban J connectivity index is 1.49. The molecule has 1 atom stereocenters. The van der Waals surface area contributed by atoms with Gasteiger partial charge in [0.05, 0.1) is 12.4 Å². The fourth-order valence-corrected chi connectivity index (χ4v) is 5.40. The van der Waals surface area contributed by atoms with E-state index in [1.165, 1.54) is 30.2 Å². The lowest BCUT2D eigenvalue weighted by Gasteiger charge is -2.20. The second-order valence-corrected chi connectivity index (χ2v) is 11.6. The van der Waals surface area contributed by atoms with Gasteiger partial charge in [-0.1, -0.05) is 81.8 Å². The SMILES string of the molecule is COc1ccc(CNC(=O)[C@@H](C)Sc2nnc(-c3ccc(C(C)(C)C)cc3)n2C2CCCC2)cc1. The van der Waals surface area contributed by atoms with Crippen molar-refractivity contribution >= 4 is 17.7 Å². The molecule has 2 aromatic carbocycles. The van der Waals surface area contributed by atoms with Crippen LogP contribution in [0.1, 0.15) is 70.5 Å². The molecule has 1 heterocycles. The number of rotatable bonds is 8. The molecule has 1 fully saturated rings. The molecular formula is C28H36N4O2S. The lowest BCUT2D eigenvalue weighted by atomic mass is 9.86. The van der Waals surface area contributed by atoms with E-state index in [1.54, 1.807) is 7.11 Å². The standard InChI is InChI=1S/C28H36N4O2S/c1-19(26(33)29-18-20-10-16-24(34-5)17-11-20)35-27-31-30-25(32(27)23-8-6-7-9-23)21-12-14-22(15-13-21)28(2,3)4/h10-17,19,23H,6-9,18H2,1-5H3,(H,29,33)/t19-/m1/s1. The van der Waals surface area contributed by atoms with E-state index in [0.717, 1.165) is 40.7 Å². The van der Waals surface area contributed by atoms with Crippen LogP contribution < -0.4 is 10.1 Å². The number of nitrogens with zero attached hydrogens (tertiary/aromatic N) is 3. The predicted molar refractivity (Wildman–Crippen MR) is 142 cm³/mol. The molecule has 186 valence electrons. The summed E-state index contributed by atoms with van der Waals surface area (Å²) in [5.41, 5.74) is 3.50. The van der Waals surface area contributed by atoms with Crippen LogP contribution in [-0.4, -0.2) is 33.0 Å². The smallest absolute Gasteiger partial charge is 0.233 e. The van der Waals surface area contributed by atoms with E-state index in [0.29, 0.717) is 12.6 Å². The van der Waals surface area contributed by atoms with Crippen LogP contribution >= 0.6 is 11.8 Å². The molecule has 0 unspecified atom stereocenters. The summed E-state index contributed by atoms with van der Waals surface area (Å²) in [4.78, 5) is 12.9. The van der Waals surface area contributed by atoms with Crippen LogP contribution in [0.2, 0.25) is 0 Å². The van der Waals surface area contributed by atoms with Gasteiger partial charge in [-0.2, -0.15) is 0 Å². The van der Waals surface area contributed by atoms with Gasteiger partial charge < -0.3 is 10.1 Å². The monoisotopic (exact) mass is 492 g/mol. The van der Waals surface area contributed by atoms with Gasteiger partial charge in [-0.05, 0) is 48.4 Å². The highest BCUT2D eigenvalue weighted by Crippen LogP contribution is 2.38. The van der Waals surface area contributed by atoms with E-state index < -0.39 is 0 Å². The third kappa shape index (κ3) is 6.07. The molecule has 1 N–H and O–H groups in total. The van der Waals surface area contributed by atoms with Crippen LogP contribution in [-0.2, 0) is 16.8 Å². The van der Waals surface area contributed by atoms with Crippen LogP contribution in [0.4, 0.5) is 0 Å². The zero-order valence-electron chi connectivity index (χ0n) is 21.4. The largest absolute Gasteiger partial charge is 0.497 e. The molecule has 0 saturated heterocycles. The zero-order valence-corrected chi connectivity index (χ0v) is 22.2. The van der Waals surface area contributed by atoms with Crippen molar-refractivity contribution in [3.05, 3.63) is 59.7 Å². The van der Waals surface area contributed by atoms with E-state index in [9.17, 15) is 4.79 Å². The topological polar surface area (TPSA) is 69.0 Å². The molecule has 6 nitrogen and oxygen atoms in total. The lowest BCUT2D eigenvalue weighted by Crippen LogP contribution is -2.30. The van der Waals surface area contributed by atoms with Crippen molar-refractivity contribution in [3.63, 3.8) is 0 Å². The molecule has 0 spiro atoms. The van der Waals surface area contributed by atoms with Gasteiger partial charge >= 0.3 is 0 Å². The van der Waals surface area contributed by atoms with Crippen molar-refractivity contribution in [1.82, 2.24) is 20.1 Å². The first-order chi connectivity index (χ1) is 16.8. The van der Waals surface area contributed by atoms with Crippen molar-refractivity contribution in [2.75, 3.05) is 7.11 Å². The number of hydrogen-bond donors (Lipinski definition) is 1. The first-order valence-electron chi connectivity index (χ1n) is 12.4. The van der Waals surface area contributed by atoms with Gasteiger partial charge in [0.2, 0.25) is 5.91 Å². The normalized spacial score (nSPS) is 15.2. The average molecular weight is 493 g/mol. The molecule has 0 bridgehead atoms. The highest BCUT2D eigenvalue weighted by molar-refractivity contribution is 8.00. The highest BCUT2D eigenvalue weighted by atomic mass is 32.2. The number of hydrogen-bond acceptors (Lipinski definition) is 5. The Labute approximate surface area is 212 Å². The van der Waals surface area contributed by atoms with Gasteiger partial charge in [-0.25, -0.2) is 0 Å². The Kier molecular flexibility index (Phi) is 7.85. The molecule has 7 heteroatoms. The second kappa shape index (κ2) is 10.9. The first-order valence-corrected chi connectivity index (χ1v) is 13.3. The van der Waals surface area contributed by atoms with Gasteiger partial charge in [0.15, 0.2) is 11.0 Å². The molecule has 35 heavy (non-hydrogen) atoms. The molecule has 1 aliphatic rings. The third-order valence-corrected chi connectivity index (χ3v) is 7.70. The number of carbonyl (C=O) groups excluding carboxylic acids is 1. The van der Waals surface area contributed by atoms with Crippen molar-refractivity contribution < 1.29 is 9.53 Å². The van der Waals surface area contributed by atoms with Crippen LogP contribution in [0.5, 0.6) is 5.75 Å². The van der Waals surface area contributed by atoms with Crippen LogP contribution in [0.15, 0.2) is 53.7 Å². The molecule has 4 rings (SSSR count). The van der Waals surface area contributed by atoms with Crippen LogP contribution in [0.3, 0.4) is 0 Å². The Hall–Kier alpha value is -2.80. The minimum Gasteiger partial charge on any atom is -0.497 e. The maximum atomic E-state index is 12.9. The Morgan fingerprint density at radius 1 is 1.09 bits per heavy atom. The fraction of sp³-hybridized carbons (Fsp3) is 0.464. The Bertz CT molecular complexity index is 1130. The van der Waals surface area contributed by atoms with E-state index in [-0.39, 0.29) is 16.6 Å². The number of aromatic nitrogens is 3. The molecule has 3 aromatic rings. The van der Waals surface area contributed by atoms with Crippen molar-refractivity contribution in [1.29, 1.82) is 0 Å². The fourth-order valence-electron chi connectivity index (χ4n) is 4.45. The molecule has 0 aliphatic heterocycles. The summed E-state index contributed by atoms with van der Waals surface area (Å²) in [6.07, 6.45) is 4.67. The maximum absolute atomic E-state index is 12.9. The van der Waals surface area contributed by atoms with Crippen molar-refractivity contribution in [2.45, 2.75) is 81.8 Å². The van der Waals surface area contributed by atoms with Gasteiger partial charge in [-0.3, -0.25) is 9.36 Å². The lowest BCUT2D eigenvalue weighted by molar-refractivity contribution is -0.120. The van der Waals surface area contributed by atoms with Gasteiger partial charge in [0.25, 0.3) is 0 Å². The summed E-state index contributed by atoms with van der Waals surface area (Å²) in [6.45, 7) is 9.07. The average Bonchev–Trinajstić information content (AvgIpc) is 3.52. The minimum atomic E-state index is -0.284.